The second-order valence-electron chi connectivity index (χ2n) is 5.55. The Bertz CT molecular complexity index is 695. The third-order valence-corrected chi connectivity index (χ3v) is 4.81. The summed E-state index contributed by atoms with van der Waals surface area (Å²) in [6.45, 7) is 5.09. The largest absolute Gasteiger partial charge is 0.383 e. The molecule has 138 valence electrons. The van der Waals surface area contributed by atoms with Crippen LogP contribution in [0.2, 0.25) is 5.02 Å². The van der Waals surface area contributed by atoms with Gasteiger partial charge in [-0.1, -0.05) is 23.7 Å². The van der Waals surface area contributed by atoms with Crippen molar-refractivity contribution in [3.8, 4) is 0 Å². The van der Waals surface area contributed by atoms with Gasteiger partial charge in [-0.25, -0.2) is 9.38 Å². The molecular weight excluding hydrogens is 476 g/mol. The predicted octanol–water partition coefficient (Wildman–Crippen LogP) is 4.12. The maximum absolute atomic E-state index is 13.2. The summed E-state index contributed by atoms with van der Waals surface area (Å²) in [6, 6.07) is 8.35. The monoisotopic (exact) mass is 497 g/mol. The quantitative estimate of drug-likeness (QED) is 0.320. The maximum atomic E-state index is 13.2. The normalized spacial score (nSPS) is 13.7. The number of nitrogens with one attached hydrogen (secondary N) is 2. The van der Waals surface area contributed by atoms with Crippen LogP contribution in [0.25, 0.3) is 0 Å². The van der Waals surface area contributed by atoms with Crippen LogP contribution in [-0.4, -0.2) is 24.2 Å². The van der Waals surface area contributed by atoms with Crippen molar-refractivity contribution in [2.45, 2.75) is 26.0 Å². The number of hydrogen-bond acceptors (Lipinski definition) is 3. The molecule has 0 saturated carbocycles. The summed E-state index contributed by atoms with van der Waals surface area (Å²) in [4.78, 5) is 5.33. The molecule has 2 rings (SSSR count). The predicted molar refractivity (Wildman–Crippen MR) is 114 cm³/mol. The Morgan fingerprint density at radius 2 is 2.12 bits per heavy atom. The molecule has 25 heavy (non-hydrogen) atoms. The smallest absolute Gasteiger partial charge is 0.191 e. The molecule has 0 aliphatic carbocycles. The average Bonchev–Trinajstić information content (AvgIpc) is 3.09. The summed E-state index contributed by atoms with van der Waals surface area (Å²) < 4.78 is 13.2. The van der Waals surface area contributed by atoms with Crippen LogP contribution in [0.5, 0.6) is 0 Å². The molecule has 1 unspecified atom stereocenters. The summed E-state index contributed by atoms with van der Waals surface area (Å²) in [7, 11) is 0. The van der Waals surface area contributed by atoms with Crippen molar-refractivity contribution in [1.29, 1.82) is 0 Å². The Morgan fingerprint density at radius 1 is 1.36 bits per heavy atom. The fourth-order valence-corrected chi connectivity index (χ4v) is 3.07. The van der Waals surface area contributed by atoms with E-state index in [2.05, 4.69) is 15.6 Å². The zero-order valence-electron chi connectivity index (χ0n) is 14.1. The van der Waals surface area contributed by atoms with E-state index in [1.165, 1.54) is 17.4 Å². The molecule has 4 nitrogen and oxygen atoms in total. The Kier molecular flexibility index (Phi) is 9.12. The number of hydrogen-bond donors (Lipinski definition) is 3. The van der Waals surface area contributed by atoms with Gasteiger partial charge in [-0.3, -0.25) is 0 Å². The van der Waals surface area contributed by atoms with Crippen LogP contribution in [0.15, 0.2) is 40.7 Å². The number of nitrogens with zero attached hydrogens (tertiary/aromatic N) is 1. The molecule has 0 bridgehead atoms. The van der Waals surface area contributed by atoms with Crippen LogP contribution in [0.3, 0.4) is 0 Å². The molecule has 0 spiro atoms. The maximum Gasteiger partial charge on any atom is 0.191 e. The number of aliphatic hydroxyl groups is 1. The second-order valence-corrected chi connectivity index (χ2v) is 6.90. The van der Waals surface area contributed by atoms with Crippen molar-refractivity contribution < 1.29 is 9.50 Å². The zero-order valence-corrected chi connectivity index (χ0v) is 18.0. The lowest BCUT2D eigenvalue weighted by molar-refractivity contribution is 0.0655. The van der Waals surface area contributed by atoms with E-state index in [-0.39, 0.29) is 29.0 Å². The average molecular weight is 498 g/mol. The summed E-state index contributed by atoms with van der Waals surface area (Å²) in [6.07, 6.45) is 0. The highest BCUT2D eigenvalue weighted by atomic mass is 127. The van der Waals surface area contributed by atoms with Gasteiger partial charge in [-0.15, -0.1) is 35.3 Å². The third kappa shape index (κ3) is 6.73. The van der Waals surface area contributed by atoms with E-state index in [4.69, 9.17) is 11.6 Å². The molecule has 0 radical (unpaired) electrons. The molecule has 1 heterocycles. The second kappa shape index (κ2) is 10.3. The Morgan fingerprint density at radius 3 is 2.72 bits per heavy atom. The minimum absolute atomic E-state index is 0. The molecule has 0 amide bonds. The Balaban J connectivity index is 0.00000312. The van der Waals surface area contributed by atoms with Gasteiger partial charge >= 0.3 is 0 Å². The van der Waals surface area contributed by atoms with Crippen LogP contribution >= 0.6 is 46.9 Å². The molecule has 0 aliphatic rings. The number of guanidine groups is 1. The molecule has 3 N–H and O–H groups in total. The fraction of sp³-hybridized carbons (Fsp3) is 0.353. The van der Waals surface area contributed by atoms with Crippen LogP contribution in [0.1, 0.15) is 24.3 Å². The first-order chi connectivity index (χ1) is 11.4. The van der Waals surface area contributed by atoms with Crippen molar-refractivity contribution in [3.05, 3.63) is 57.0 Å². The molecular formula is C17H22ClFIN3OS. The highest BCUT2D eigenvalue weighted by Crippen LogP contribution is 2.24. The zero-order chi connectivity index (χ0) is 17.6. The molecule has 1 atom stereocenters. The molecule has 1 aromatic heterocycles. The van der Waals surface area contributed by atoms with Gasteiger partial charge in [0.25, 0.3) is 0 Å². The number of halogens is 3. The SMILES string of the molecule is CCNC(=NCc1ccc(F)c(Cl)c1)NCC(C)(O)c1cccs1.I. The summed E-state index contributed by atoms with van der Waals surface area (Å²) >= 11 is 7.29. The molecule has 0 aliphatic heterocycles. The van der Waals surface area contributed by atoms with E-state index in [0.29, 0.717) is 25.6 Å². The van der Waals surface area contributed by atoms with Crippen molar-refractivity contribution in [2.24, 2.45) is 4.99 Å². The summed E-state index contributed by atoms with van der Waals surface area (Å²) in [5.74, 6) is 0.135. The van der Waals surface area contributed by atoms with Gasteiger partial charge in [0.15, 0.2) is 5.96 Å². The Hall–Kier alpha value is -0.900. The summed E-state index contributed by atoms with van der Waals surface area (Å²) in [5.41, 5.74) is -0.174. The van der Waals surface area contributed by atoms with E-state index >= 15 is 0 Å². The van der Waals surface area contributed by atoms with E-state index < -0.39 is 11.4 Å². The van der Waals surface area contributed by atoms with Crippen LogP contribution in [-0.2, 0) is 12.1 Å². The minimum Gasteiger partial charge on any atom is -0.383 e. The number of benzene rings is 1. The molecule has 2 aromatic rings. The van der Waals surface area contributed by atoms with Crippen molar-refractivity contribution in [1.82, 2.24) is 10.6 Å². The molecule has 1 aromatic carbocycles. The topological polar surface area (TPSA) is 56.7 Å². The standard InChI is InChI=1S/C17H21ClFN3OS.HI/c1-3-20-16(21-10-12-6-7-14(19)13(18)9-12)22-11-17(2,23)15-5-4-8-24-15;/h4-9,23H,3,10-11H2,1-2H3,(H2,20,21,22);1H. The van der Waals surface area contributed by atoms with Crippen LogP contribution < -0.4 is 10.6 Å². The van der Waals surface area contributed by atoms with Crippen molar-refractivity contribution in [2.75, 3.05) is 13.1 Å². The van der Waals surface area contributed by atoms with Gasteiger partial charge < -0.3 is 15.7 Å². The first kappa shape index (κ1) is 22.1. The van der Waals surface area contributed by atoms with Crippen molar-refractivity contribution >= 4 is 52.9 Å². The lowest BCUT2D eigenvalue weighted by atomic mass is 10.1. The van der Waals surface area contributed by atoms with Crippen molar-refractivity contribution in [3.63, 3.8) is 0 Å². The highest BCUT2D eigenvalue weighted by molar-refractivity contribution is 14.0. The van der Waals surface area contributed by atoms with Crippen LogP contribution in [0.4, 0.5) is 4.39 Å². The third-order valence-electron chi connectivity index (χ3n) is 3.40. The number of aliphatic imine (C=N–C) groups is 1. The van der Waals surface area contributed by atoms with E-state index in [9.17, 15) is 9.50 Å². The lowest BCUT2D eigenvalue weighted by Gasteiger charge is -2.23. The van der Waals surface area contributed by atoms with E-state index in [0.717, 1.165) is 10.4 Å². The highest BCUT2D eigenvalue weighted by Gasteiger charge is 2.24. The number of rotatable bonds is 6. The minimum atomic E-state index is -0.983. The van der Waals surface area contributed by atoms with Gasteiger partial charge in [0.1, 0.15) is 11.4 Å². The molecule has 0 fully saturated rings. The Labute approximate surface area is 173 Å². The fourth-order valence-electron chi connectivity index (χ4n) is 2.08. The first-order valence-electron chi connectivity index (χ1n) is 7.65. The van der Waals surface area contributed by atoms with E-state index in [1.54, 1.807) is 19.1 Å². The lowest BCUT2D eigenvalue weighted by Crippen LogP contribution is -2.44. The van der Waals surface area contributed by atoms with Gasteiger partial charge in [0.2, 0.25) is 0 Å². The molecule has 8 heteroatoms. The van der Waals surface area contributed by atoms with Gasteiger partial charge in [-0.2, -0.15) is 0 Å². The van der Waals surface area contributed by atoms with Crippen LogP contribution in [0, 0.1) is 5.82 Å². The number of thiophene rings is 1. The van der Waals surface area contributed by atoms with Gasteiger partial charge in [0.05, 0.1) is 18.1 Å². The molecule has 0 saturated heterocycles. The summed E-state index contributed by atoms with van der Waals surface area (Å²) in [5, 5.41) is 18.8. The van der Waals surface area contributed by atoms with Gasteiger partial charge in [0, 0.05) is 11.4 Å². The van der Waals surface area contributed by atoms with E-state index in [1.807, 2.05) is 24.4 Å². The van der Waals surface area contributed by atoms with Gasteiger partial charge in [-0.05, 0) is 43.0 Å². The first-order valence-corrected chi connectivity index (χ1v) is 8.90.